The standard InChI is InChI=1S/C20H19F4N7O/c1-30(17-11-25-16(10-26-17)20(22,23)24)14-6-3-5-13(14)29-19(32)18-12(21)4-2-7-15(18)31-27-8-9-28-31/h2,4,7-11,13-14H,3,5-6H2,1H3,(H,29,32)/t13?,14-/m0/s1. The van der Waals surface area contributed by atoms with E-state index in [1.165, 1.54) is 30.6 Å². The van der Waals surface area contributed by atoms with E-state index in [9.17, 15) is 22.4 Å². The number of nitrogens with zero attached hydrogens (tertiary/aromatic N) is 6. The highest BCUT2D eigenvalue weighted by Crippen LogP contribution is 2.30. The summed E-state index contributed by atoms with van der Waals surface area (Å²) in [5, 5.41) is 10.8. The fraction of sp³-hybridized carbons (Fsp3) is 0.350. The molecule has 2 aromatic heterocycles. The summed E-state index contributed by atoms with van der Waals surface area (Å²) < 4.78 is 52.8. The molecule has 1 aromatic carbocycles. The first kappa shape index (κ1) is 21.7. The third-order valence-electron chi connectivity index (χ3n) is 5.44. The molecule has 0 saturated heterocycles. The number of carbonyl (C=O) groups excluding carboxylic acids is 1. The fourth-order valence-electron chi connectivity index (χ4n) is 3.88. The number of benzene rings is 1. The van der Waals surface area contributed by atoms with Gasteiger partial charge in [0, 0.05) is 13.1 Å². The Morgan fingerprint density at radius 3 is 2.56 bits per heavy atom. The minimum absolute atomic E-state index is 0.189. The van der Waals surface area contributed by atoms with Gasteiger partial charge in [-0.05, 0) is 31.4 Å². The van der Waals surface area contributed by atoms with E-state index in [-0.39, 0.29) is 29.2 Å². The van der Waals surface area contributed by atoms with Crippen molar-refractivity contribution in [3.8, 4) is 5.69 Å². The van der Waals surface area contributed by atoms with Crippen LogP contribution in [0.2, 0.25) is 0 Å². The predicted molar refractivity (Wildman–Crippen MR) is 106 cm³/mol. The molecule has 168 valence electrons. The maximum Gasteiger partial charge on any atom is 0.434 e. The van der Waals surface area contributed by atoms with Crippen LogP contribution in [-0.4, -0.2) is 50.0 Å². The van der Waals surface area contributed by atoms with Crippen molar-refractivity contribution in [3.63, 3.8) is 0 Å². The van der Waals surface area contributed by atoms with Crippen molar-refractivity contribution in [1.82, 2.24) is 30.3 Å². The molecular weight excluding hydrogens is 430 g/mol. The molecule has 0 radical (unpaired) electrons. The molecule has 1 saturated carbocycles. The fourth-order valence-corrected chi connectivity index (χ4v) is 3.88. The second-order valence-electron chi connectivity index (χ2n) is 7.40. The van der Waals surface area contributed by atoms with Crippen molar-refractivity contribution in [2.45, 2.75) is 37.5 Å². The molecule has 0 aliphatic heterocycles. The van der Waals surface area contributed by atoms with Crippen LogP contribution in [0.4, 0.5) is 23.4 Å². The minimum atomic E-state index is -4.57. The second kappa shape index (κ2) is 8.52. The molecule has 1 N–H and O–H groups in total. The molecule has 4 rings (SSSR count). The van der Waals surface area contributed by atoms with Gasteiger partial charge in [0.15, 0.2) is 5.69 Å². The number of hydrogen-bond acceptors (Lipinski definition) is 6. The van der Waals surface area contributed by atoms with Crippen LogP contribution < -0.4 is 10.2 Å². The highest BCUT2D eigenvalue weighted by Gasteiger charge is 2.35. The summed E-state index contributed by atoms with van der Waals surface area (Å²) in [5.74, 6) is -1.09. The van der Waals surface area contributed by atoms with E-state index in [1.54, 1.807) is 11.9 Å². The lowest BCUT2D eigenvalue weighted by Gasteiger charge is -2.31. The highest BCUT2D eigenvalue weighted by molar-refractivity contribution is 5.98. The molecule has 8 nitrogen and oxygen atoms in total. The molecule has 1 aliphatic rings. The number of anilines is 1. The van der Waals surface area contributed by atoms with E-state index in [1.807, 2.05) is 0 Å². The third kappa shape index (κ3) is 4.25. The number of alkyl halides is 3. The summed E-state index contributed by atoms with van der Waals surface area (Å²) in [7, 11) is 1.68. The summed E-state index contributed by atoms with van der Waals surface area (Å²) in [6.45, 7) is 0. The Bertz CT molecular complexity index is 1090. The van der Waals surface area contributed by atoms with E-state index in [2.05, 4.69) is 25.5 Å². The molecule has 3 aromatic rings. The Morgan fingerprint density at radius 2 is 1.91 bits per heavy atom. The summed E-state index contributed by atoms with van der Waals surface area (Å²) in [4.78, 5) is 23.2. The molecule has 12 heteroatoms. The molecular formula is C20H19F4N7O. The zero-order chi connectivity index (χ0) is 22.9. The van der Waals surface area contributed by atoms with Crippen molar-refractivity contribution >= 4 is 11.7 Å². The topological polar surface area (TPSA) is 88.8 Å². The molecule has 1 unspecified atom stereocenters. The number of carbonyl (C=O) groups is 1. The van der Waals surface area contributed by atoms with Gasteiger partial charge in [0.2, 0.25) is 0 Å². The van der Waals surface area contributed by atoms with E-state index in [4.69, 9.17) is 0 Å². The Morgan fingerprint density at radius 1 is 1.16 bits per heavy atom. The zero-order valence-electron chi connectivity index (χ0n) is 16.9. The summed E-state index contributed by atoms with van der Waals surface area (Å²) in [6, 6.07) is 3.56. The first-order valence-electron chi connectivity index (χ1n) is 9.84. The van der Waals surface area contributed by atoms with Gasteiger partial charge in [0.1, 0.15) is 22.9 Å². The van der Waals surface area contributed by atoms with E-state index < -0.39 is 23.6 Å². The SMILES string of the molecule is CN(c1cnc(C(F)(F)F)cn1)[C@H]1CCCC1NC(=O)c1c(F)cccc1-n1nccn1. The first-order valence-corrected chi connectivity index (χ1v) is 9.84. The lowest BCUT2D eigenvalue weighted by atomic mass is 10.1. The van der Waals surface area contributed by atoms with E-state index in [0.717, 1.165) is 17.4 Å². The summed E-state index contributed by atoms with van der Waals surface area (Å²) in [6.07, 6.45) is 2.07. The van der Waals surface area contributed by atoms with Crippen LogP contribution in [0.5, 0.6) is 0 Å². The number of amides is 1. The largest absolute Gasteiger partial charge is 0.434 e. The van der Waals surface area contributed by atoms with Crippen LogP contribution in [0.25, 0.3) is 5.69 Å². The third-order valence-corrected chi connectivity index (χ3v) is 5.44. The van der Waals surface area contributed by atoms with Crippen LogP contribution in [-0.2, 0) is 6.18 Å². The summed E-state index contributed by atoms with van der Waals surface area (Å²) in [5.41, 5.74) is -1.07. The van der Waals surface area contributed by atoms with Crippen molar-refractivity contribution in [2.75, 3.05) is 11.9 Å². The van der Waals surface area contributed by atoms with E-state index in [0.29, 0.717) is 19.0 Å². The minimum Gasteiger partial charge on any atom is -0.353 e. The molecule has 1 aliphatic carbocycles. The molecule has 0 spiro atoms. The van der Waals surface area contributed by atoms with Gasteiger partial charge < -0.3 is 10.2 Å². The van der Waals surface area contributed by atoms with Crippen LogP contribution in [0.15, 0.2) is 43.0 Å². The second-order valence-corrected chi connectivity index (χ2v) is 7.40. The molecule has 0 bridgehead atoms. The van der Waals surface area contributed by atoms with Gasteiger partial charge in [0.05, 0.1) is 30.8 Å². The monoisotopic (exact) mass is 449 g/mol. The average molecular weight is 449 g/mol. The predicted octanol–water partition coefficient (Wildman–Crippen LogP) is 3.00. The van der Waals surface area contributed by atoms with Crippen molar-refractivity contribution < 1.29 is 22.4 Å². The maximum atomic E-state index is 14.6. The maximum absolute atomic E-state index is 14.6. The first-order chi connectivity index (χ1) is 15.3. The zero-order valence-corrected chi connectivity index (χ0v) is 16.9. The lowest BCUT2D eigenvalue weighted by molar-refractivity contribution is -0.141. The van der Waals surface area contributed by atoms with E-state index >= 15 is 0 Å². The van der Waals surface area contributed by atoms with Crippen molar-refractivity contribution in [1.29, 1.82) is 0 Å². The normalized spacial score (nSPS) is 18.5. The van der Waals surface area contributed by atoms with Crippen LogP contribution in [0.1, 0.15) is 35.3 Å². The van der Waals surface area contributed by atoms with Gasteiger partial charge in [-0.1, -0.05) is 6.07 Å². The van der Waals surface area contributed by atoms with Crippen LogP contribution in [0.3, 0.4) is 0 Å². The Hall–Kier alpha value is -3.57. The van der Waals surface area contributed by atoms with Gasteiger partial charge in [-0.25, -0.2) is 14.4 Å². The Balaban J connectivity index is 1.53. The number of nitrogens with one attached hydrogen (secondary N) is 1. The van der Waals surface area contributed by atoms with Gasteiger partial charge >= 0.3 is 6.18 Å². The smallest absolute Gasteiger partial charge is 0.353 e. The molecule has 2 atom stereocenters. The Kier molecular flexibility index (Phi) is 5.76. The highest BCUT2D eigenvalue weighted by atomic mass is 19.4. The quantitative estimate of drug-likeness (QED) is 0.603. The summed E-state index contributed by atoms with van der Waals surface area (Å²) >= 11 is 0. The number of halogens is 4. The number of likely N-dealkylation sites (N-methyl/N-ethyl adjacent to an activating group) is 1. The van der Waals surface area contributed by atoms with Crippen LogP contribution in [0, 0.1) is 5.82 Å². The van der Waals surface area contributed by atoms with Gasteiger partial charge in [-0.3, -0.25) is 4.79 Å². The van der Waals surface area contributed by atoms with Crippen molar-refractivity contribution in [3.05, 3.63) is 60.1 Å². The number of aromatic nitrogens is 5. The molecule has 1 fully saturated rings. The average Bonchev–Trinajstić information content (AvgIpc) is 3.45. The molecule has 2 heterocycles. The lowest BCUT2D eigenvalue weighted by Crippen LogP contribution is -2.48. The van der Waals surface area contributed by atoms with Gasteiger partial charge in [-0.2, -0.15) is 28.2 Å². The Labute approximate surface area is 180 Å². The molecule has 1 amide bonds. The van der Waals surface area contributed by atoms with Gasteiger partial charge in [-0.15, -0.1) is 0 Å². The van der Waals surface area contributed by atoms with Crippen molar-refractivity contribution in [2.24, 2.45) is 0 Å². The number of hydrogen-bond donors (Lipinski definition) is 1. The molecule has 32 heavy (non-hydrogen) atoms. The van der Waals surface area contributed by atoms with Crippen LogP contribution >= 0.6 is 0 Å². The number of rotatable bonds is 5. The van der Waals surface area contributed by atoms with Gasteiger partial charge in [0.25, 0.3) is 5.91 Å².